The maximum Gasteiger partial charge on any atom is 0.315 e. The van der Waals surface area contributed by atoms with Crippen molar-refractivity contribution in [2.24, 2.45) is 11.8 Å². The minimum absolute atomic E-state index is 0.0643. The molecule has 1 aliphatic carbocycles. The van der Waals surface area contributed by atoms with Gasteiger partial charge in [0.25, 0.3) is 0 Å². The van der Waals surface area contributed by atoms with Crippen molar-refractivity contribution in [1.82, 2.24) is 10.6 Å². The number of urea groups is 1. The Morgan fingerprint density at radius 2 is 2.23 bits per heavy atom. The Bertz CT molecular complexity index is 552. The van der Waals surface area contributed by atoms with Crippen molar-refractivity contribution in [2.45, 2.75) is 45.7 Å². The first-order valence-electron chi connectivity index (χ1n) is 8.29. The molecule has 2 amide bonds. The van der Waals surface area contributed by atoms with Gasteiger partial charge in [-0.05, 0) is 43.7 Å². The molecule has 0 spiro atoms. The molecule has 4 heteroatoms. The van der Waals surface area contributed by atoms with Gasteiger partial charge < -0.3 is 15.4 Å². The van der Waals surface area contributed by atoms with Crippen LogP contribution in [0.1, 0.15) is 43.0 Å². The monoisotopic (exact) mass is 302 g/mol. The fourth-order valence-electron chi connectivity index (χ4n) is 3.64. The summed E-state index contributed by atoms with van der Waals surface area (Å²) in [5, 5.41) is 6.26. The fourth-order valence-corrected chi connectivity index (χ4v) is 3.64. The largest absolute Gasteiger partial charge is 0.381 e. The van der Waals surface area contributed by atoms with E-state index in [2.05, 4.69) is 49.6 Å². The quantitative estimate of drug-likeness (QED) is 0.902. The van der Waals surface area contributed by atoms with Crippen molar-refractivity contribution in [3.8, 4) is 0 Å². The number of nitrogens with one attached hydrogen (secondary N) is 2. The normalized spacial score (nSPS) is 28.2. The summed E-state index contributed by atoms with van der Waals surface area (Å²) in [5.41, 5.74) is 3.89. The lowest BCUT2D eigenvalue weighted by Gasteiger charge is -2.23. The number of benzene rings is 1. The summed E-state index contributed by atoms with van der Waals surface area (Å²) in [6, 6.07) is 6.75. The second-order valence-corrected chi connectivity index (χ2v) is 6.89. The topological polar surface area (TPSA) is 50.4 Å². The summed E-state index contributed by atoms with van der Waals surface area (Å²) in [6.45, 7) is 7.93. The molecule has 0 aromatic heterocycles. The molecule has 1 aromatic carbocycles. The molecule has 0 bridgehead atoms. The second-order valence-electron chi connectivity index (χ2n) is 6.89. The van der Waals surface area contributed by atoms with E-state index in [9.17, 15) is 4.79 Å². The van der Waals surface area contributed by atoms with E-state index in [1.807, 2.05) is 0 Å². The summed E-state index contributed by atoms with van der Waals surface area (Å²) in [5.74, 6) is 0.869. The van der Waals surface area contributed by atoms with Gasteiger partial charge >= 0.3 is 6.03 Å². The van der Waals surface area contributed by atoms with E-state index < -0.39 is 0 Å². The van der Waals surface area contributed by atoms with Gasteiger partial charge in [-0.2, -0.15) is 0 Å². The van der Waals surface area contributed by atoms with Gasteiger partial charge in [0, 0.05) is 18.6 Å². The van der Waals surface area contributed by atoms with E-state index in [1.54, 1.807) is 0 Å². The highest BCUT2D eigenvalue weighted by Gasteiger charge is 2.31. The van der Waals surface area contributed by atoms with E-state index in [4.69, 9.17) is 4.74 Å². The number of ether oxygens (including phenoxy) is 1. The molecule has 1 heterocycles. The van der Waals surface area contributed by atoms with Gasteiger partial charge in [-0.3, -0.25) is 0 Å². The standard InChI is InChI=1S/C18H26N2O2/c1-11-4-5-14-9-12(2)17(16(14)8-11)20-18(21)19-13(3)15-6-7-22-10-15/h4-5,8,12-13,15,17H,6-7,9-10H2,1-3H3,(H2,19,20,21)/t12-,13+,15+,17+/m0/s1. The Morgan fingerprint density at radius 1 is 1.41 bits per heavy atom. The van der Waals surface area contributed by atoms with E-state index in [-0.39, 0.29) is 18.1 Å². The van der Waals surface area contributed by atoms with Crippen molar-refractivity contribution in [2.75, 3.05) is 13.2 Å². The van der Waals surface area contributed by atoms with Crippen molar-refractivity contribution in [1.29, 1.82) is 0 Å². The highest BCUT2D eigenvalue weighted by molar-refractivity contribution is 5.75. The van der Waals surface area contributed by atoms with Crippen LogP contribution in [-0.2, 0) is 11.2 Å². The predicted molar refractivity (Wildman–Crippen MR) is 86.8 cm³/mol. The number of hydrogen-bond acceptors (Lipinski definition) is 2. The van der Waals surface area contributed by atoms with E-state index >= 15 is 0 Å². The third-order valence-corrected chi connectivity index (χ3v) is 5.06. The van der Waals surface area contributed by atoms with Crippen LogP contribution < -0.4 is 10.6 Å². The smallest absolute Gasteiger partial charge is 0.315 e. The molecule has 0 unspecified atom stereocenters. The molecular formula is C18H26N2O2. The van der Waals surface area contributed by atoms with Crippen molar-refractivity contribution >= 4 is 6.03 Å². The Hall–Kier alpha value is -1.55. The number of carbonyl (C=O) groups is 1. The molecule has 2 N–H and O–H groups in total. The third-order valence-electron chi connectivity index (χ3n) is 5.06. The highest BCUT2D eigenvalue weighted by atomic mass is 16.5. The molecule has 4 atom stereocenters. The number of rotatable bonds is 3. The fraction of sp³-hybridized carbons (Fsp3) is 0.611. The molecule has 22 heavy (non-hydrogen) atoms. The van der Waals surface area contributed by atoms with Gasteiger partial charge in [-0.1, -0.05) is 30.7 Å². The van der Waals surface area contributed by atoms with Crippen LogP contribution in [0.25, 0.3) is 0 Å². The molecule has 1 fully saturated rings. The molecule has 1 saturated heterocycles. The zero-order valence-electron chi connectivity index (χ0n) is 13.7. The average molecular weight is 302 g/mol. The molecule has 0 saturated carbocycles. The van der Waals surface area contributed by atoms with Crippen molar-refractivity contribution in [3.05, 3.63) is 34.9 Å². The Balaban J connectivity index is 1.63. The minimum Gasteiger partial charge on any atom is -0.381 e. The summed E-state index contributed by atoms with van der Waals surface area (Å²) >= 11 is 0. The lowest BCUT2D eigenvalue weighted by Crippen LogP contribution is -2.45. The molecule has 3 rings (SSSR count). The third kappa shape index (κ3) is 3.12. The predicted octanol–water partition coefficient (Wildman–Crippen LogP) is 2.95. The van der Waals surface area contributed by atoms with Crippen LogP contribution in [0.5, 0.6) is 0 Å². The van der Waals surface area contributed by atoms with Crippen LogP contribution in [-0.4, -0.2) is 25.3 Å². The molecule has 1 aliphatic heterocycles. The van der Waals surface area contributed by atoms with Gasteiger partial charge in [0.05, 0.1) is 12.6 Å². The Labute approximate surface area is 132 Å². The molecular weight excluding hydrogens is 276 g/mol. The zero-order valence-corrected chi connectivity index (χ0v) is 13.7. The molecule has 2 aliphatic rings. The lowest BCUT2D eigenvalue weighted by atomic mass is 10.0. The van der Waals surface area contributed by atoms with Crippen molar-refractivity contribution < 1.29 is 9.53 Å². The molecule has 4 nitrogen and oxygen atoms in total. The molecule has 120 valence electrons. The van der Waals surface area contributed by atoms with E-state index in [0.717, 1.165) is 26.1 Å². The zero-order chi connectivity index (χ0) is 15.7. The highest BCUT2D eigenvalue weighted by Crippen LogP contribution is 2.36. The van der Waals surface area contributed by atoms with Crippen LogP contribution in [0.2, 0.25) is 0 Å². The van der Waals surface area contributed by atoms with Gasteiger partial charge in [-0.15, -0.1) is 0 Å². The van der Waals surface area contributed by atoms with E-state index in [1.165, 1.54) is 16.7 Å². The van der Waals surface area contributed by atoms with Crippen LogP contribution >= 0.6 is 0 Å². The number of aryl methyl sites for hydroxylation is 1. The minimum atomic E-state index is -0.0643. The lowest BCUT2D eigenvalue weighted by molar-refractivity contribution is 0.177. The number of fused-ring (bicyclic) bond motifs is 1. The van der Waals surface area contributed by atoms with Gasteiger partial charge in [0.1, 0.15) is 0 Å². The summed E-state index contributed by atoms with van der Waals surface area (Å²) in [7, 11) is 0. The van der Waals surface area contributed by atoms with Crippen LogP contribution in [0, 0.1) is 18.8 Å². The Kier molecular flexibility index (Phi) is 4.39. The van der Waals surface area contributed by atoms with Gasteiger partial charge in [0.15, 0.2) is 0 Å². The van der Waals surface area contributed by atoms with Crippen LogP contribution in [0.4, 0.5) is 4.79 Å². The molecule has 1 aromatic rings. The summed E-state index contributed by atoms with van der Waals surface area (Å²) in [6.07, 6.45) is 2.07. The second kappa shape index (κ2) is 6.29. The van der Waals surface area contributed by atoms with Crippen LogP contribution in [0.3, 0.4) is 0 Å². The van der Waals surface area contributed by atoms with E-state index in [0.29, 0.717) is 11.8 Å². The SMILES string of the molecule is Cc1ccc2c(c1)[C@H](NC(=O)N[C@H](C)[C@@H]1CCOC1)[C@@H](C)C2. The number of carbonyl (C=O) groups excluding carboxylic acids is 1. The first-order chi connectivity index (χ1) is 10.5. The van der Waals surface area contributed by atoms with Gasteiger partial charge in [-0.25, -0.2) is 4.79 Å². The maximum atomic E-state index is 12.3. The number of amides is 2. The summed E-state index contributed by atoms with van der Waals surface area (Å²) < 4.78 is 5.40. The Morgan fingerprint density at radius 3 is 2.95 bits per heavy atom. The maximum absolute atomic E-state index is 12.3. The average Bonchev–Trinajstić information content (AvgIpc) is 3.09. The van der Waals surface area contributed by atoms with Crippen LogP contribution in [0.15, 0.2) is 18.2 Å². The molecule has 0 radical (unpaired) electrons. The first kappa shape index (κ1) is 15.3. The van der Waals surface area contributed by atoms with Gasteiger partial charge in [0.2, 0.25) is 0 Å². The van der Waals surface area contributed by atoms with Crippen molar-refractivity contribution in [3.63, 3.8) is 0 Å². The summed E-state index contributed by atoms with van der Waals surface area (Å²) in [4.78, 5) is 12.3. The number of hydrogen-bond donors (Lipinski definition) is 2. The first-order valence-corrected chi connectivity index (χ1v) is 8.29.